The molecule has 158 valence electrons. The highest BCUT2D eigenvalue weighted by molar-refractivity contribution is 5.94. The standard InChI is InChI=1S/C21H16F3N5O2/c22-21(23,24)20(31)25-10-13-8-9-29(11-13)15-6-4-14(5-7-15)19-27-17-3-1-2-16(26-12-30)18(17)28-19/h1-9,11-12H,10H2,(H,25,31)(H,26,30)(H,27,28). The van der Waals surface area contributed by atoms with E-state index in [0.717, 1.165) is 16.8 Å². The summed E-state index contributed by atoms with van der Waals surface area (Å²) in [5, 5.41) is 4.46. The summed E-state index contributed by atoms with van der Waals surface area (Å²) in [6.45, 7) is -0.223. The Labute approximate surface area is 173 Å². The predicted molar refractivity (Wildman–Crippen MR) is 108 cm³/mol. The van der Waals surface area contributed by atoms with E-state index in [0.29, 0.717) is 29.0 Å². The minimum absolute atomic E-state index is 0.223. The number of nitrogens with one attached hydrogen (secondary N) is 3. The van der Waals surface area contributed by atoms with Crippen LogP contribution in [0.5, 0.6) is 0 Å². The molecule has 0 unspecified atom stereocenters. The van der Waals surface area contributed by atoms with Crippen molar-refractivity contribution in [3.05, 3.63) is 66.5 Å². The molecule has 0 bridgehead atoms. The molecule has 0 aliphatic carbocycles. The molecule has 2 heterocycles. The minimum Gasteiger partial charge on any atom is -0.344 e. The number of nitrogens with zero attached hydrogens (tertiary/aromatic N) is 2. The van der Waals surface area contributed by atoms with Crippen LogP contribution < -0.4 is 10.6 Å². The van der Waals surface area contributed by atoms with Crippen molar-refractivity contribution in [2.24, 2.45) is 0 Å². The molecule has 31 heavy (non-hydrogen) atoms. The Bertz CT molecular complexity index is 1240. The zero-order chi connectivity index (χ0) is 22.0. The number of alkyl halides is 3. The van der Waals surface area contributed by atoms with Crippen molar-refractivity contribution < 1.29 is 22.8 Å². The van der Waals surface area contributed by atoms with E-state index in [9.17, 15) is 22.8 Å². The Hall–Kier alpha value is -4.08. The number of rotatable bonds is 6. The number of aromatic nitrogens is 3. The van der Waals surface area contributed by atoms with Gasteiger partial charge in [-0.05, 0) is 48.0 Å². The Morgan fingerprint density at radius 2 is 1.90 bits per heavy atom. The number of H-pyrrole nitrogens is 1. The van der Waals surface area contributed by atoms with E-state index in [4.69, 9.17) is 0 Å². The monoisotopic (exact) mass is 427 g/mol. The number of benzene rings is 2. The highest BCUT2D eigenvalue weighted by Crippen LogP contribution is 2.26. The number of aromatic amines is 1. The van der Waals surface area contributed by atoms with Crippen LogP contribution in [0.3, 0.4) is 0 Å². The van der Waals surface area contributed by atoms with Crippen molar-refractivity contribution in [2.45, 2.75) is 12.7 Å². The number of imidazole rings is 1. The van der Waals surface area contributed by atoms with Gasteiger partial charge in [-0.15, -0.1) is 0 Å². The van der Waals surface area contributed by atoms with Crippen LogP contribution >= 0.6 is 0 Å². The highest BCUT2D eigenvalue weighted by atomic mass is 19.4. The van der Waals surface area contributed by atoms with Gasteiger partial charge in [-0.25, -0.2) is 4.98 Å². The van der Waals surface area contributed by atoms with Gasteiger partial charge in [0.25, 0.3) is 0 Å². The van der Waals surface area contributed by atoms with Crippen LogP contribution in [-0.4, -0.2) is 33.0 Å². The second-order valence-corrected chi connectivity index (χ2v) is 6.70. The molecule has 0 saturated heterocycles. The molecule has 0 aliphatic rings. The van der Waals surface area contributed by atoms with Gasteiger partial charge in [-0.3, -0.25) is 9.59 Å². The van der Waals surface area contributed by atoms with Crippen LogP contribution in [0.1, 0.15) is 5.56 Å². The van der Waals surface area contributed by atoms with Gasteiger partial charge in [0.2, 0.25) is 6.41 Å². The zero-order valence-corrected chi connectivity index (χ0v) is 15.9. The summed E-state index contributed by atoms with van der Waals surface area (Å²) in [5.74, 6) is -1.34. The molecule has 2 aromatic heterocycles. The lowest BCUT2D eigenvalue weighted by Crippen LogP contribution is -2.36. The average molecular weight is 427 g/mol. The topological polar surface area (TPSA) is 91.8 Å². The van der Waals surface area contributed by atoms with Gasteiger partial charge >= 0.3 is 12.1 Å². The summed E-state index contributed by atoms with van der Waals surface area (Å²) < 4.78 is 38.6. The Balaban J connectivity index is 1.51. The third kappa shape index (κ3) is 4.27. The Morgan fingerprint density at radius 3 is 2.61 bits per heavy atom. The van der Waals surface area contributed by atoms with Crippen LogP contribution in [0.2, 0.25) is 0 Å². The fourth-order valence-corrected chi connectivity index (χ4v) is 3.13. The van der Waals surface area contributed by atoms with Gasteiger partial charge in [0.15, 0.2) is 0 Å². The number of amides is 2. The number of anilines is 1. The van der Waals surface area contributed by atoms with Crippen LogP contribution in [0.15, 0.2) is 60.9 Å². The Morgan fingerprint density at radius 1 is 1.13 bits per heavy atom. The van der Waals surface area contributed by atoms with Crippen molar-refractivity contribution in [1.82, 2.24) is 19.9 Å². The quantitative estimate of drug-likeness (QED) is 0.409. The van der Waals surface area contributed by atoms with E-state index in [1.807, 2.05) is 35.6 Å². The van der Waals surface area contributed by atoms with Crippen molar-refractivity contribution >= 4 is 29.0 Å². The summed E-state index contributed by atoms with van der Waals surface area (Å²) in [4.78, 5) is 29.5. The number of carbonyl (C=O) groups is 2. The van der Waals surface area contributed by atoms with Crippen LogP contribution in [0.4, 0.5) is 18.9 Å². The van der Waals surface area contributed by atoms with E-state index < -0.39 is 12.1 Å². The molecular weight excluding hydrogens is 411 g/mol. The van der Waals surface area contributed by atoms with Crippen LogP contribution in [0.25, 0.3) is 28.1 Å². The molecule has 4 rings (SSSR count). The number of fused-ring (bicyclic) bond motifs is 1. The van der Waals surface area contributed by atoms with Gasteiger partial charge in [-0.1, -0.05) is 6.07 Å². The summed E-state index contributed by atoms with van der Waals surface area (Å²) in [5.41, 5.74) is 4.17. The molecular formula is C21H16F3N5O2. The summed E-state index contributed by atoms with van der Waals surface area (Å²) in [6.07, 6.45) is -0.968. The molecule has 0 saturated carbocycles. The number of halogens is 3. The lowest BCUT2D eigenvalue weighted by molar-refractivity contribution is -0.173. The van der Waals surface area contributed by atoms with Gasteiger partial charge in [0, 0.05) is 30.2 Å². The number of hydrogen-bond acceptors (Lipinski definition) is 3. The zero-order valence-electron chi connectivity index (χ0n) is 15.9. The average Bonchev–Trinajstić information content (AvgIpc) is 3.39. The third-order valence-corrected chi connectivity index (χ3v) is 4.63. The molecule has 0 radical (unpaired) electrons. The van der Waals surface area contributed by atoms with E-state index >= 15 is 0 Å². The first-order chi connectivity index (χ1) is 14.8. The summed E-state index contributed by atoms with van der Waals surface area (Å²) in [6, 6.07) is 14.4. The molecule has 0 fully saturated rings. The molecule has 0 aliphatic heterocycles. The number of hydrogen-bond donors (Lipinski definition) is 3. The predicted octanol–water partition coefficient (Wildman–Crippen LogP) is 3.77. The molecule has 4 aromatic rings. The van der Waals surface area contributed by atoms with Crippen molar-refractivity contribution in [1.29, 1.82) is 0 Å². The van der Waals surface area contributed by atoms with Crippen molar-refractivity contribution in [3.8, 4) is 17.1 Å². The Kier molecular flexibility index (Phi) is 5.20. The van der Waals surface area contributed by atoms with Gasteiger partial charge in [-0.2, -0.15) is 13.2 Å². The molecule has 3 N–H and O–H groups in total. The first kappa shape index (κ1) is 20.2. The first-order valence-corrected chi connectivity index (χ1v) is 9.17. The van der Waals surface area contributed by atoms with E-state index in [-0.39, 0.29) is 6.54 Å². The maximum absolute atomic E-state index is 12.3. The highest BCUT2D eigenvalue weighted by Gasteiger charge is 2.38. The maximum Gasteiger partial charge on any atom is 0.471 e. The molecule has 7 nitrogen and oxygen atoms in total. The van der Waals surface area contributed by atoms with E-state index in [1.165, 1.54) is 0 Å². The van der Waals surface area contributed by atoms with E-state index in [2.05, 4.69) is 15.3 Å². The smallest absolute Gasteiger partial charge is 0.344 e. The number of para-hydroxylation sites is 1. The third-order valence-electron chi connectivity index (χ3n) is 4.63. The van der Waals surface area contributed by atoms with E-state index in [1.54, 1.807) is 35.2 Å². The fraction of sp³-hybridized carbons (Fsp3) is 0.0952. The van der Waals surface area contributed by atoms with Gasteiger partial charge < -0.3 is 20.2 Å². The number of carbonyl (C=O) groups excluding carboxylic acids is 2. The molecule has 0 spiro atoms. The second-order valence-electron chi connectivity index (χ2n) is 6.70. The largest absolute Gasteiger partial charge is 0.471 e. The molecule has 10 heteroatoms. The maximum atomic E-state index is 12.3. The van der Waals surface area contributed by atoms with Gasteiger partial charge in [0.1, 0.15) is 11.3 Å². The lowest BCUT2D eigenvalue weighted by atomic mass is 10.2. The summed E-state index contributed by atoms with van der Waals surface area (Å²) in [7, 11) is 0. The molecule has 2 aromatic carbocycles. The van der Waals surface area contributed by atoms with Gasteiger partial charge in [0.05, 0.1) is 11.2 Å². The SMILES string of the molecule is O=CNc1cccc2[nH]c(-c3ccc(-n4ccc(CNC(=O)C(F)(F)F)c4)cc3)nc12. The van der Waals surface area contributed by atoms with Crippen LogP contribution in [0, 0.1) is 0 Å². The lowest BCUT2D eigenvalue weighted by Gasteiger charge is -2.07. The van der Waals surface area contributed by atoms with Crippen molar-refractivity contribution in [2.75, 3.05) is 5.32 Å². The van der Waals surface area contributed by atoms with Crippen molar-refractivity contribution in [3.63, 3.8) is 0 Å². The molecule has 2 amide bonds. The summed E-state index contributed by atoms with van der Waals surface area (Å²) >= 11 is 0. The molecule has 0 atom stereocenters. The second kappa shape index (κ2) is 7.98. The van der Waals surface area contributed by atoms with Crippen LogP contribution in [-0.2, 0) is 16.1 Å². The normalized spacial score (nSPS) is 11.5. The first-order valence-electron chi connectivity index (χ1n) is 9.17. The fourth-order valence-electron chi connectivity index (χ4n) is 3.13. The minimum atomic E-state index is -4.90.